The van der Waals surface area contributed by atoms with E-state index in [2.05, 4.69) is 0 Å². The summed E-state index contributed by atoms with van der Waals surface area (Å²) in [4.78, 5) is 13.3. The van der Waals surface area contributed by atoms with Crippen LogP contribution in [-0.4, -0.2) is 36.9 Å². The number of hydrogen-bond acceptors (Lipinski definition) is 3. The summed E-state index contributed by atoms with van der Waals surface area (Å²) >= 11 is 6.03. The smallest absolute Gasteiger partial charge is 0.253 e. The topological polar surface area (TPSA) is 49.8 Å². The minimum absolute atomic E-state index is 0.0295. The number of anilines is 1. The SMILES string of the molecule is O=C1COCC(CO)N1c1ccccc1Cl. The van der Waals surface area contributed by atoms with Crippen molar-refractivity contribution in [2.75, 3.05) is 24.7 Å². The van der Waals surface area contributed by atoms with Crippen molar-refractivity contribution in [1.29, 1.82) is 0 Å². The van der Waals surface area contributed by atoms with E-state index in [1.54, 1.807) is 24.3 Å². The van der Waals surface area contributed by atoms with Gasteiger partial charge in [0.25, 0.3) is 5.91 Å². The van der Waals surface area contributed by atoms with E-state index in [1.165, 1.54) is 4.90 Å². The van der Waals surface area contributed by atoms with E-state index in [1.807, 2.05) is 0 Å². The molecule has 0 saturated carbocycles. The number of carbonyl (C=O) groups excluding carboxylic acids is 1. The molecular weight excluding hydrogens is 230 g/mol. The fourth-order valence-corrected chi connectivity index (χ4v) is 1.97. The average Bonchev–Trinajstić information content (AvgIpc) is 2.30. The van der Waals surface area contributed by atoms with E-state index in [0.29, 0.717) is 17.3 Å². The van der Waals surface area contributed by atoms with Crippen LogP contribution in [0.25, 0.3) is 0 Å². The predicted octanol–water partition coefficient (Wildman–Crippen LogP) is 1.06. The zero-order valence-electron chi connectivity index (χ0n) is 8.60. The Labute approximate surface area is 98.4 Å². The molecule has 0 radical (unpaired) electrons. The maximum absolute atomic E-state index is 11.7. The standard InChI is InChI=1S/C11H12ClNO3/c12-9-3-1-2-4-10(9)13-8(5-14)6-16-7-11(13)15/h1-4,8,14H,5-7H2. The highest BCUT2D eigenvalue weighted by Crippen LogP contribution is 2.28. The van der Waals surface area contributed by atoms with Crippen LogP contribution in [0.15, 0.2) is 24.3 Å². The van der Waals surface area contributed by atoms with Gasteiger partial charge >= 0.3 is 0 Å². The van der Waals surface area contributed by atoms with Crippen LogP contribution in [-0.2, 0) is 9.53 Å². The van der Waals surface area contributed by atoms with E-state index in [4.69, 9.17) is 16.3 Å². The number of carbonyl (C=O) groups is 1. The second-order valence-electron chi connectivity index (χ2n) is 3.57. The second kappa shape index (κ2) is 4.82. The number of hydrogen-bond donors (Lipinski definition) is 1. The molecule has 1 aliphatic rings. The molecule has 86 valence electrons. The number of para-hydroxylation sites is 1. The minimum atomic E-state index is -0.360. The predicted molar refractivity (Wildman–Crippen MR) is 60.6 cm³/mol. The molecule has 0 aromatic heterocycles. The van der Waals surface area contributed by atoms with Gasteiger partial charge in [-0.25, -0.2) is 0 Å². The normalized spacial score (nSPS) is 21.2. The van der Waals surface area contributed by atoms with Gasteiger partial charge in [-0.15, -0.1) is 0 Å². The van der Waals surface area contributed by atoms with Crippen molar-refractivity contribution in [1.82, 2.24) is 0 Å². The second-order valence-corrected chi connectivity index (χ2v) is 3.97. The minimum Gasteiger partial charge on any atom is -0.394 e. The third-order valence-corrected chi connectivity index (χ3v) is 2.81. The van der Waals surface area contributed by atoms with E-state index >= 15 is 0 Å². The number of aliphatic hydroxyl groups excluding tert-OH is 1. The largest absolute Gasteiger partial charge is 0.394 e. The average molecular weight is 242 g/mol. The van der Waals surface area contributed by atoms with E-state index in [9.17, 15) is 9.90 Å². The first-order valence-electron chi connectivity index (χ1n) is 4.99. The van der Waals surface area contributed by atoms with Crippen molar-refractivity contribution in [3.63, 3.8) is 0 Å². The van der Waals surface area contributed by atoms with Gasteiger partial charge in [0.2, 0.25) is 0 Å². The van der Waals surface area contributed by atoms with Gasteiger partial charge in [-0.2, -0.15) is 0 Å². The molecule has 1 fully saturated rings. The van der Waals surface area contributed by atoms with Crippen LogP contribution in [0.1, 0.15) is 0 Å². The molecule has 5 heteroatoms. The molecule has 0 bridgehead atoms. The van der Waals surface area contributed by atoms with Crippen molar-refractivity contribution < 1.29 is 14.6 Å². The highest BCUT2D eigenvalue weighted by Gasteiger charge is 2.30. The van der Waals surface area contributed by atoms with E-state index < -0.39 is 0 Å². The first-order chi connectivity index (χ1) is 7.74. The zero-order valence-corrected chi connectivity index (χ0v) is 9.35. The highest BCUT2D eigenvalue weighted by molar-refractivity contribution is 6.33. The Morgan fingerprint density at radius 1 is 1.50 bits per heavy atom. The molecular formula is C11H12ClNO3. The summed E-state index contributed by atoms with van der Waals surface area (Å²) in [5.41, 5.74) is 0.622. The molecule has 1 amide bonds. The Kier molecular flexibility index (Phi) is 3.43. The van der Waals surface area contributed by atoms with Gasteiger partial charge in [0.15, 0.2) is 0 Å². The van der Waals surface area contributed by atoms with Crippen molar-refractivity contribution >= 4 is 23.2 Å². The third-order valence-electron chi connectivity index (χ3n) is 2.49. The van der Waals surface area contributed by atoms with Gasteiger partial charge in [-0.05, 0) is 12.1 Å². The fraction of sp³-hybridized carbons (Fsp3) is 0.364. The highest BCUT2D eigenvalue weighted by atomic mass is 35.5. The number of ether oxygens (including phenoxy) is 1. The van der Waals surface area contributed by atoms with E-state index in [-0.39, 0.29) is 25.2 Å². The van der Waals surface area contributed by atoms with E-state index in [0.717, 1.165) is 0 Å². The number of morpholine rings is 1. The van der Waals surface area contributed by atoms with Crippen molar-refractivity contribution in [2.45, 2.75) is 6.04 Å². The Balaban J connectivity index is 2.36. The molecule has 4 nitrogen and oxygen atoms in total. The van der Waals surface area contributed by atoms with Crippen molar-refractivity contribution in [3.05, 3.63) is 29.3 Å². The molecule has 1 aromatic carbocycles. The number of rotatable bonds is 2. The lowest BCUT2D eigenvalue weighted by Gasteiger charge is -2.34. The monoisotopic (exact) mass is 241 g/mol. The lowest BCUT2D eigenvalue weighted by molar-refractivity contribution is -0.128. The summed E-state index contributed by atoms with van der Waals surface area (Å²) < 4.78 is 5.08. The zero-order chi connectivity index (χ0) is 11.5. The number of nitrogens with zero attached hydrogens (tertiary/aromatic N) is 1. The lowest BCUT2D eigenvalue weighted by Crippen LogP contribution is -2.51. The summed E-state index contributed by atoms with van der Waals surface area (Å²) in [5.74, 6) is -0.182. The summed E-state index contributed by atoms with van der Waals surface area (Å²) in [6, 6.07) is 6.71. The van der Waals surface area contributed by atoms with Crippen LogP contribution in [0.4, 0.5) is 5.69 Å². The van der Waals surface area contributed by atoms with Gasteiger partial charge < -0.3 is 14.7 Å². The molecule has 0 spiro atoms. The summed E-state index contributed by atoms with van der Waals surface area (Å²) in [6.45, 7) is 0.214. The quantitative estimate of drug-likeness (QED) is 0.843. The molecule has 16 heavy (non-hydrogen) atoms. The van der Waals surface area contributed by atoms with Gasteiger partial charge in [-0.3, -0.25) is 4.79 Å². The molecule has 1 aliphatic heterocycles. The lowest BCUT2D eigenvalue weighted by atomic mass is 10.2. The summed E-state index contributed by atoms with van der Waals surface area (Å²) in [6.07, 6.45) is 0. The first-order valence-corrected chi connectivity index (χ1v) is 5.37. The first kappa shape index (κ1) is 11.4. The number of benzene rings is 1. The van der Waals surface area contributed by atoms with Crippen LogP contribution in [0.5, 0.6) is 0 Å². The molecule has 1 N–H and O–H groups in total. The molecule has 1 aromatic rings. The molecule has 2 rings (SSSR count). The fourth-order valence-electron chi connectivity index (χ4n) is 1.74. The van der Waals surface area contributed by atoms with Crippen LogP contribution in [0, 0.1) is 0 Å². The van der Waals surface area contributed by atoms with Crippen LogP contribution in [0.3, 0.4) is 0 Å². The maximum atomic E-state index is 11.7. The van der Waals surface area contributed by atoms with Crippen LogP contribution >= 0.6 is 11.6 Å². The molecule has 1 saturated heterocycles. The summed E-state index contributed by atoms with van der Waals surface area (Å²) in [5, 5.41) is 9.71. The Morgan fingerprint density at radius 3 is 2.94 bits per heavy atom. The summed E-state index contributed by atoms with van der Waals surface area (Å²) in [7, 11) is 0. The number of amides is 1. The molecule has 1 heterocycles. The third kappa shape index (κ3) is 2.04. The Morgan fingerprint density at radius 2 is 2.25 bits per heavy atom. The maximum Gasteiger partial charge on any atom is 0.253 e. The van der Waals surface area contributed by atoms with Crippen molar-refractivity contribution in [2.24, 2.45) is 0 Å². The van der Waals surface area contributed by atoms with Gasteiger partial charge in [-0.1, -0.05) is 23.7 Å². The Hall–Kier alpha value is -1.10. The van der Waals surface area contributed by atoms with Gasteiger partial charge in [0, 0.05) is 0 Å². The van der Waals surface area contributed by atoms with Crippen LogP contribution in [0.2, 0.25) is 5.02 Å². The molecule has 0 aliphatic carbocycles. The Bertz CT molecular complexity index is 397. The molecule has 1 unspecified atom stereocenters. The van der Waals surface area contributed by atoms with Gasteiger partial charge in [0.05, 0.1) is 30.0 Å². The molecule has 1 atom stereocenters. The van der Waals surface area contributed by atoms with Crippen molar-refractivity contribution in [3.8, 4) is 0 Å². The number of halogens is 1. The van der Waals surface area contributed by atoms with Gasteiger partial charge in [0.1, 0.15) is 6.61 Å². The number of aliphatic hydroxyl groups is 1. The van der Waals surface area contributed by atoms with Crippen LogP contribution < -0.4 is 4.90 Å².